The van der Waals surface area contributed by atoms with E-state index in [9.17, 15) is 4.79 Å². The van der Waals surface area contributed by atoms with Crippen molar-refractivity contribution in [3.05, 3.63) is 22.6 Å². The fourth-order valence-corrected chi connectivity index (χ4v) is 4.10. The highest BCUT2D eigenvalue weighted by Crippen LogP contribution is 2.29. The molecule has 4 rings (SSSR count). The molecule has 8 nitrogen and oxygen atoms in total. The van der Waals surface area contributed by atoms with Gasteiger partial charge in [-0.05, 0) is 26.2 Å². The van der Waals surface area contributed by atoms with Crippen molar-refractivity contribution in [3.8, 4) is 0 Å². The fraction of sp³-hybridized carbons (Fsp3) is 0.684. The molecular formula is C19H29N5O3. The third kappa shape index (κ3) is 3.49. The van der Waals surface area contributed by atoms with Gasteiger partial charge in [0.15, 0.2) is 0 Å². The quantitative estimate of drug-likeness (QED) is 0.867. The van der Waals surface area contributed by atoms with Crippen LogP contribution in [0.4, 0.5) is 5.69 Å². The van der Waals surface area contributed by atoms with Gasteiger partial charge in [-0.3, -0.25) is 4.79 Å². The highest BCUT2D eigenvalue weighted by atomic mass is 16.5. The molecule has 2 fully saturated rings. The normalized spacial score (nSPS) is 26.6. The van der Waals surface area contributed by atoms with Crippen molar-refractivity contribution in [2.45, 2.75) is 44.5 Å². The van der Waals surface area contributed by atoms with Gasteiger partial charge in [0.1, 0.15) is 11.7 Å². The van der Waals surface area contributed by atoms with E-state index < -0.39 is 0 Å². The molecule has 148 valence electrons. The lowest BCUT2D eigenvalue weighted by Gasteiger charge is -2.40. The van der Waals surface area contributed by atoms with E-state index in [0.717, 1.165) is 55.7 Å². The Morgan fingerprint density at radius 3 is 3.00 bits per heavy atom. The average molecular weight is 375 g/mol. The largest absolute Gasteiger partial charge is 0.383 e. The summed E-state index contributed by atoms with van der Waals surface area (Å²) >= 11 is 0. The smallest absolute Gasteiger partial charge is 0.252 e. The number of fused-ring (bicyclic) bond motifs is 1. The van der Waals surface area contributed by atoms with Gasteiger partial charge in [-0.25, -0.2) is 4.68 Å². The molecular weight excluding hydrogens is 346 g/mol. The molecule has 2 saturated heterocycles. The van der Waals surface area contributed by atoms with Gasteiger partial charge >= 0.3 is 0 Å². The lowest BCUT2D eigenvalue weighted by Crippen LogP contribution is -2.57. The maximum Gasteiger partial charge on any atom is 0.252 e. The number of aromatic nitrogens is 3. The van der Waals surface area contributed by atoms with Crippen LogP contribution in [0.5, 0.6) is 0 Å². The molecule has 0 aromatic carbocycles. The summed E-state index contributed by atoms with van der Waals surface area (Å²) in [7, 11) is 3.51. The first-order valence-electron chi connectivity index (χ1n) is 9.78. The summed E-state index contributed by atoms with van der Waals surface area (Å²) in [5.74, 6) is 0. The minimum Gasteiger partial charge on any atom is -0.383 e. The molecule has 0 saturated carbocycles. The van der Waals surface area contributed by atoms with Crippen LogP contribution in [0.1, 0.15) is 32.4 Å². The number of hydrogen-bond donors (Lipinski definition) is 1. The van der Waals surface area contributed by atoms with Crippen molar-refractivity contribution in [3.63, 3.8) is 0 Å². The van der Waals surface area contributed by atoms with E-state index >= 15 is 0 Å². The van der Waals surface area contributed by atoms with Crippen molar-refractivity contribution < 1.29 is 9.47 Å². The fourth-order valence-electron chi connectivity index (χ4n) is 4.10. The Kier molecular flexibility index (Phi) is 5.21. The maximum atomic E-state index is 12.6. The van der Waals surface area contributed by atoms with E-state index in [1.807, 2.05) is 10.9 Å². The topological polar surface area (TPSA) is 73.5 Å². The molecule has 0 bridgehead atoms. The van der Waals surface area contributed by atoms with E-state index in [1.165, 1.54) is 0 Å². The van der Waals surface area contributed by atoms with Crippen LogP contribution in [-0.4, -0.2) is 59.8 Å². The highest BCUT2D eigenvalue weighted by Gasteiger charge is 2.29. The number of ether oxygens (including phenoxy) is 2. The number of nitrogens with zero attached hydrogens (tertiary/aromatic N) is 4. The first kappa shape index (κ1) is 18.5. The molecule has 2 aliphatic heterocycles. The maximum absolute atomic E-state index is 12.6. The second-order valence-electron chi connectivity index (χ2n) is 7.66. The predicted molar refractivity (Wildman–Crippen MR) is 104 cm³/mol. The SMILES string of the molecule is COC[C@H]1CN[C@H](C)CN1c1cc(=O)n(C)c2cn(C3CCCCO3)nc12. The number of methoxy groups -OCH3 is 1. The minimum absolute atomic E-state index is 0.0241. The number of pyridine rings is 1. The molecule has 2 aromatic heterocycles. The molecule has 1 N–H and O–H groups in total. The van der Waals surface area contributed by atoms with E-state index in [2.05, 4.69) is 17.1 Å². The lowest BCUT2D eigenvalue weighted by molar-refractivity contribution is -0.0390. The second-order valence-corrected chi connectivity index (χ2v) is 7.66. The summed E-state index contributed by atoms with van der Waals surface area (Å²) in [5.41, 5.74) is 2.55. The number of rotatable bonds is 4. The van der Waals surface area contributed by atoms with Gasteiger partial charge in [0, 0.05) is 46.0 Å². The Morgan fingerprint density at radius 2 is 2.26 bits per heavy atom. The van der Waals surface area contributed by atoms with Crippen LogP contribution in [0.2, 0.25) is 0 Å². The van der Waals surface area contributed by atoms with Gasteiger partial charge in [0.25, 0.3) is 5.56 Å². The zero-order valence-electron chi connectivity index (χ0n) is 16.4. The standard InChI is InChI=1S/C19H29N5O3/c1-13-10-23(14(9-20-13)12-26-3)15-8-17(25)22(2)16-11-24(21-19(15)16)18-6-4-5-7-27-18/h8,11,13-14,18,20H,4-7,9-10,12H2,1-3H3/t13-,14-,18?/m1/s1. The van der Waals surface area contributed by atoms with Crippen molar-refractivity contribution in [1.29, 1.82) is 0 Å². The van der Waals surface area contributed by atoms with Crippen molar-refractivity contribution in [2.75, 3.05) is 38.3 Å². The Balaban J connectivity index is 1.80. The molecule has 2 aliphatic rings. The highest BCUT2D eigenvalue weighted by molar-refractivity contribution is 5.88. The Labute approximate surface area is 159 Å². The molecule has 2 aromatic rings. The molecule has 4 heterocycles. The molecule has 0 radical (unpaired) electrons. The summed E-state index contributed by atoms with van der Waals surface area (Å²) in [6, 6.07) is 2.21. The molecule has 27 heavy (non-hydrogen) atoms. The zero-order chi connectivity index (χ0) is 19.0. The summed E-state index contributed by atoms with van der Waals surface area (Å²) < 4.78 is 14.9. The molecule has 0 amide bonds. The van der Waals surface area contributed by atoms with E-state index in [4.69, 9.17) is 14.6 Å². The van der Waals surface area contributed by atoms with Crippen LogP contribution in [0.15, 0.2) is 17.1 Å². The Hall–Kier alpha value is -1.90. The first-order valence-corrected chi connectivity index (χ1v) is 9.78. The van der Waals surface area contributed by atoms with Crippen molar-refractivity contribution >= 4 is 16.7 Å². The van der Waals surface area contributed by atoms with Crippen molar-refractivity contribution in [1.82, 2.24) is 19.7 Å². The average Bonchev–Trinajstić information content (AvgIpc) is 3.13. The van der Waals surface area contributed by atoms with Gasteiger partial charge in [-0.1, -0.05) is 0 Å². The van der Waals surface area contributed by atoms with Gasteiger partial charge in [0.2, 0.25) is 0 Å². The van der Waals surface area contributed by atoms with Gasteiger partial charge in [-0.15, -0.1) is 0 Å². The third-order valence-corrected chi connectivity index (χ3v) is 5.64. The van der Waals surface area contributed by atoms with Gasteiger partial charge in [-0.2, -0.15) is 5.10 Å². The minimum atomic E-state index is -0.0502. The predicted octanol–water partition coefficient (Wildman–Crippen LogP) is 1.25. The van der Waals surface area contributed by atoms with Crippen LogP contribution >= 0.6 is 0 Å². The van der Waals surface area contributed by atoms with Gasteiger partial charge < -0.3 is 24.3 Å². The van der Waals surface area contributed by atoms with Crippen LogP contribution in [0.3, 0.4) is 0 Å². The summed E-state index contributed by atoms with van der Waals surface area (Å²) in [5, 5.41) is 8.36. The van der Waals surface area contributed by atoms with E-state index in [-0.39, 0.29) is 17.8 Å². The number of anilines is 1. The second kappa shape index (κ2) is 7.61. The lowest BCUT2D eigenvalue weighted by atomic mass is 10.1. The molecule has 1 unspecified atom stereocenters. The molecule has 3 atom stereocenters. The first-order chi connectivity index (χ1) is 13.1. The van der Waals surface area contributed by atoms with Crippen LogP contribution in [-0.2, 0) is 16.5 Å². The zero-order valence-corrected chi connectivity index (χ0v) is 16.4. The summed E-state index contributed by atoms with van der Waals surface area (Å²) in [4.78, 5) is 14.9. The van der Waals surface area contributed by atoms with Crippen LogP contribution < -0.4 is 15.8 Å². The Morgan fingerprint density at radius 1 is 1.41 bits per heavy atom. The van der Waals surface area contributed by atoms with Crippen molar-refractivity contribution in [2.24, 2.45) is 7.05 Å². The summed E-state index contributed by atoms with van der Waals surface area (Å²) in [6.07, 6.45) is 5.09. The third-order valence-electron chi connectivity index (χ3n) is 5.64. The van der Waals surface area contributed by atoms with Gasteiger partial charge in [0.05, 0.1) is 30.0 Å². The summed E-state index contributed by atoms with van der Waals surface area (Å²) in [6.45, 7) is 5.14. The van der Waals surface area contributed by atoms with E-state index in [1.54, 1.807) is 24.8 Å². The number of piperazine rings is 1. The monoisotopic (exact) mass is 375 g/mol. The molecule has 8 heteroatoms. The van der Waals surface area contributed by atoms with Crippen LogP contribution in [0.25, 0.3) is 11.0 Å². The number of nitrogens with one attached hydrogen (secondary N) is 1. The van der Waals surface area contributed by atoms with E-state index in [0.29, 0.717) is 12.6 Å². The molecule has 0 aliphatic carbocycles. The Bertz CT molecular complexity index is 855. The number of aryl methyl sites for hydroxylation is 1. The molecule has 0 spiro atoms. The van der Waals surface area contributed by atoms with Crippen LogP contribution in [0, 0.1) is 0 Å². The number of hydrogen-bond acceptors (Lipinski definition) is 6.